The zero-order valence-corrected chi connectivity index (χ0v) is 12.8. The first-order chi connectivity index (χ1) is 10.1. The number of hydrogen-bond donors (Lipinski definition) is 3. The summed E-state index contributed by atoms with van der Waals surface area (Å²) in [7, 11) is 0. The van der Waals surface area contributed by atoms with Gasteiger partial charge >= 0.3 is 0 Å². The molecule has 1 fully saturated rings. The van der Waals surface area contributed by atoms with Gasteiger partial charge in [0.2, 0.25) is 0 Å². The van der Waals surface area contributed by atoms with Crippen LogP contribution in [0.15, 0.2) is 24.3 Å². The lowest BCUT2D eigenvalue weighted by Gasteiger charge is -2.38. The summed E-state index contributed by atoms with van der Waals surface area (Å²) in [4.78, 5) is 12.6. The molecule has 116 valence electrons. The predicted octanol–water partition coefficient (Wildman–Crippen LogP) is 1.86. The number of aliphatic hydroxyl groups is 1. The smallest absolute Gasteiger partial charge is 0.252 e. The average Bonchev–Trinajstić information content (AvgIpc) is 2.51. The minimum atomic E-state index is -0.459. The van der Waals surface area contributed by atoms with Gasteiger partial charge in [0, 0.05) is 5.56 Å². The molecule has 1 amide bonds. The van der Waals surface area contributed by atoms with Crippen molar-refractivity contribution in [3.63, 3.8) is 0 Å². The average molecular weight is 290 g/mol. The van der Waals surface area contributed by atoms with E-state index in [1.54, 1.807) is 0 Å². The summed E-state index contributed by atoms with van der Waals surface area (Å²) in [6.45, 7) is 2.75. The fourth-order valence-electron chi connectivity index (χ4n) is 3.06. The molecule has 4 nitrogen and oxygen atoms in total. The molecule has 0 spiro atoms. The minimum absolute atomic E-state index is 0.00448. The van der Waals surface area contributed by atoms with Crippen LogP contribution in [0.4, 0.5) is 0 Å². The fourth-order valence-corrected chi connectivity index (χ4v) is 3.06. The van der Waals surface area contributed by atoms with Gasteiger partial charge < -0.3 is 16.2 Å². The Morgan fingerprint density at radius 2 is 2.05 bits per heavy atom. The van der Waals surface area contributed by atoms with Crippen molar-refractivity contribution in [3.8, 4) is 0 Å². The quantitative estimate of drug-likeness (QED) is 0.775. The van der Waals surface area contributed by atoms with E-state index in [9.17, 15) is 9.90 Å². The van der Waals surface area contributed by atoms with E-state index in [1.807, 2.05) is 24.3 Å². The molecule has 21 heavy (non-hydrogen) atoms. The molecule has 1 aliphatic carbocycles. The molecule has 4 N–H and O–H groups in total. The lowest BCUT2D eigenvalue weighted by molar-refractivity contribution is 0.0716. The Labute approximate surface area is 126 Å². The van der Waals surface area contributed by atoms with Crippen LogP contribution >= 0.6 is 0 Å². The van der Waals surface area contributed by atoms with Gasteiger partial charge in [-0.3, -0.25) is 4.79 Å². The van der Waals surface area contributed by atoms with Crippen LogP contribution in [0.1, 0.15) is 48.5 Å². The van der Waals surface area contributed by atoms with Crippen molar-refractivity contribution in [2.75, 3.05) is 13.2 Å². The highest BCUT2D eigenvalue weighted by atomic mass is 16.3. The molecule has 2 rings (SSSR count). The largest absolute Gasteiger partial charge is 0.394 e. The van der Waals surface area contributed by atoms with Crippen molar-refractivity contribution < 1.29 is 9.90 Å². The van der Waals surface area contributed by atoms with E-state index in [2.05, 4.69) is 12.2 Å². The molecule has 1 saturated carbocycles. The summed E-state index contributed by atoms with van der Waals surface area (Å²) in [5.41, 5.74) is 6.79. The lowest BCUT2D eigenvalue weighted by atomic mass is 9.77. The van der Waals surface area contributed by atoms with Gasteiger partial charge in [0.15, 0.2) is 0 Å². The molecule has 0 bridgehead atoms. The summed E-state index contributed by atoms with van der Waals surface area (Å²) >= 11 is 0. The van der Waals surface area contributed by atoms with Crippen LogP contribution in [-0.2, 0) is 6.42 Å². The first-order valence-electron chi connectivity index (χ1n) is 7.81. The van der Waals surface area contributed by atoms with E-state index in [4.69, 9.17) is 5.73 Å². The number of hydrogen-bond acceptors (Lipinski definition) is 3. The van der Waals surface area contributed by atoms with E-state index in [0.29, 0.717) is 24.4 Å². The molecule has 0 radical (unpaired) electrons. The number of nitrogens with one attached hydrogen (secondary N) is 1. The maximum absolute atomic E-state index is 12.6. The summed E-state index contributed by atoms with van der Waals surface area (Å²) in [5, 5.41) is 12.8. The molecule has 0 atom stereocenters. The third-order valence-electron chi connectivity index (χ3n) is 4.59. The molecule has 1 aliphatic rings. The Morgan fingerprint density at radius 3 is 2.67 bits per heavy atom. The number of rotatable bonds is 5. The monoisotopic (exact) mass is 290 g/mol. The summed E-state index contributed by atoms with van der Waals surface area (Å²) in [6, 6.07) is 7.56. The summed E-state index contributed by atoms with van der Waals surface area (Å²) in [6.07, 6.45) is 4.47. The van der Waals surface area contributed by atoms with Crippen LogP contribution in [0.3, 0.4) is 0 Å². The van der Waals surface area contributed by atoms with Crippen molar-refractivity contribution in [1.82, 2.24) is 5.32 Å². The third-order valence-corrected chi connectivity index (χ3v) is 4.59. The van der Waals surface area contributed by atoms with E-state index < -0.39 is 5.54 Å². The van der Waals surface area contributed by atoms with Gasteiger partial charge in [-0.05, 0) is 56.2 Å². The van der Waals surface area contributed by atoms with Gasteiger partial charge in [-0.1, -0.05) is 25.1 Å². The minimum Gasteiger partial charge on any atom is -0.394 e. The number of carbonyl (C=O) groups is 1. The predicted molar refractivity (Wildman–Crippen MR) is 84.1 cm³/mol. The summed E-state index contributed by atoms with van der Waals surface area (Å²) in [5.74, 6) is 0.578. The molecule has 0 aliphatic heterocycles. The highest BCUT2D eigenvalue weighted by molar-refractivity contribution is 5.96. The van der Waals surface area contributed by atoms with E-state index in [1.165, 1.54) is 0 Å². The number of benzene rings is 1. The topological polar surface area (TPSA) is 75.3 Å². The van der Waals surface area contributed by atoms with Gasteiger partial charge in [0.25, 0.3) is 5.91 Å². The standard InChI is InChI=1S/C17H26N2O2/c1-13-6-9-17(12-20,10-7-13)19-16(21)15-5-3-2-4-14(15)8-11-18/h2-5,13,20H,6-12,18H2,1H3,(H,19,21). The molecule has 0 unspecified atom stereocenters. The van der Waals surface area contributed by atoms with Crippen molar-refractivity contribution in [1.29, 1.82) is 0 Å². The Morgan fingerprint density at radius 1 is 1.38 bits per heavy atom. The van der Waals surface area contributed by atoms with Crippen LogP contribution in [0.5, 0.6) is 0 Å². The lowest BCUT2D eigenvalue weighted by Crippen LogP contribution is -2.53. The van der Waals surface area contributed by atoms with Crippen LogP contribution in [0.2, 0.25) is 0 Å². The van der Waals surface area contributed by atoms with Crippen LogP contribution in [0.25, 0.3) is 0 Å². The number of carbonyl (C=O) groups excluding carboxylic acids is 1. The first kappa shape index (κ1) is 16.0. The Bertz CT molecular complexity index is 479. The maximum Gasteiger partial charge on any atom is 0.252 e. The molecule has 4 heteroatoms. The van der Waals surface area contributed by atoms with Gasteiger partial charge in [0.05, 0.1) is 12.1 Å². The van der Waals surface area contributed by atoms with Crippen molar-refractivity contribution in [2.24, 2.45) is 11.7 Å². The highest BCUT2D eigenvalue weighted by Crippen LogP contribution is 2.32. The number of nitrogens with two attached hydrogens (primary N) is 1. The van der Waals surface area contributed by atoms with Gasteiger partial charge in [-0.15, -0.1) is 0 Å². The van der Waals surface area contributed by atoms with E-state index in [-0.39, 0.29) is 12.5 Å². The molecule has 0 heterocycles. The van der Waals surface area contributed by atoms with E-state index >= 15 is 0 Å². The molecule has 1 aromatic rings. The normalized spacial score (nSPS) is 25.6. The highest BCUT2D eigenvalue weighted by Gasteiger charge is 2.35. The molecular weight excluding hydrogens is 264 g/mol. The molecular formula is C17H26N2O2. The van der Waals surface area contributed by atoms with Crippen molar-refractivity contribution in [2.45, 2.75) is 44.6 Å². The van der Waals surface area contributed by atoms with Gasteiger partial charge in [-0.2, -0.15) is 0 Å². The van der Waals surface area contributed by atoms with Gasteiger partial charge in [0.1, 0.15) is 0 Å². The number of amides is 1. The first-order valence-corrected chi connectivity index (χ1v) is 7.81. The second-order valence-electron chi connectivity index (χ2n) is 6.27. The zero-order valence-electron chi connectivity index (χ0n) is 12.8. The molecule has 0 aromatic heterocycles. The fraction of sp³-hybridized carbons (Fsp3) is 0.588. The second-order valence-corrected chi connectivity index (χ2v) is 6.27. The zero-order chi connectivity index (χ0) is 15.3. The van der Waals surface area contributed by atoms with Gasteiger partial charge in [-0.25, -0.2) is 0 Å². The van der Waals surface area contributed by atoms with Crippen LogP contribution in [0, 0.1) is 5.92 Å². The Kier molecular flexibility index (Phi) is 5.37. The third kappa shape index (κ3) is 3.83. The molecule has 1 aromatic carbocycles. The Balaban J connectivity index is 2.13. The molecule has 0 saturated heterocycles. The SMILES string of the molecule is CC1CCC(CO)(NC(=O)c2ccccc2CCN)CC1. The van der Waals surface area contributed by atoms with Crippen molar-refractivity contribution in [3.05, 3.63) is 35.4 Å². The van der Waals surface area contributed by atoms with E-state index in [0.717, 1.165) is 31.2 Å². The number of aliphatic hydroxyl groups excluding tert-OH is 1. The Hall–Kier alpha value is -1.39. The second kappa shape index (κ2) is 7.05. The maximum atomic E-state index is 12.6. The van der Waals surface area contributed by atoms with Crippen molar-refractivity contribution >= 4 is 5.91 Å². The van der Waals surface area contributed by atoms with Crippen LogP contribution in [-0.4, -0.2) is 29.7 Å². The summed E-state index contributed by atoms with van der Waals surface area (Å²) < 4.78 is 0. The van der Waals surface area contributed by atoms with Crippen LogP contribution < -0.4 is 11.1 Å².